The standard InChI is InChI=1S/C24H33N3OS/c1-18-19(2)27(22-12-5-3-6-13-22)24(25-18)29-17-20-10-9-11-21(16-20)23(28)26-14-7-4-8-15-26/h9-11,16,22H,3-8,12-15,17H2,1-2H3. The summed E-state index contributed by atoms with van der Waals surface area (Å²) in [7, 11) is 0. The van der Waals surface area contributed by atoms with Gasteiger partial charge in [0, 0.05) is 36.1 Å². The summed E-state index contributed by atoms with van der Waals surface area (Å²) in [5.41, 5.74) is 4.49. The highest BCUT2D eigenvalue weighted by molar-refractivity contribution is 7.98. The van der Waals surface area contributed by atoms with Gasteiger partial charge in [-0.2, -0.15) is 0 Å². The predicted molar refractivity (Wildman–Crippen MR) is 120 cm³/mol. The first-order chi connectivity index (χ1) is 14.1. The molecular formula is C24H33N3OS. The van der Waals surface area contributed by atoms with Crippen LogP contribution in [0.15, 0.2) is 29.4 Å². The maximum Gasteiger partial charge on any atom is 0.253 e. The third kappa shape index (κ3) is 4.71. The van der Waals surface area contributed by atoms with E-state index in [4.69, 9.17) is 4.98 Å². The van der Waals surface area contributed by atoms with Gasteiger partial charge in [-0.3, -0.25) is 4.79 Å². The van der Waals surface area contributed by atoms with Gasteiger partial charge >= 0.3 is 0 Å². The maximum atomic E-state index is 12.8. The van der Waals surface area contributed by atoms with Crippen LogP contribution >= 0.6 is 11.8 Å². The Kier molecular flexibility index (Phi) is 6.63. The molecule has 1 aliphatic heterocycles. The van der Waals surface area contributed by atoms with Gasteiger partial charge in [-0.05, 0) is 63.6 Å². The number of rotatable bonds is 5. The van der Waals surface area contributed by atoms with Gasteiger partial charge in [0.05, 0.1) is 5.69 Å². The Morgan fingerprint density at radius 1 is 1.07 bits per heavy atom. The molecule has 5 heteroatoms. The second-order valence-corrected chi connectivity index (χ2v) is 9.51. The van der Waals surface area contributed by atoms with E-state index in [1.54, 1.807) is 0 Å². The monoisotopic (exact) mass is 411 g/mol. The largest absolute Gasteiger partial charge is 0.339 e. The average Bonchev–Trinajstić information content (AvgIpc) is 3.06. The molecule has 1 aromatic carbocycles. The van der Waals surface area contributed by atoms with Gasteiger partial charge in [0.25, 0.3) is 5.91 Å². The summed E-state index contributed by atoms with van der Waals surface area (Å²) >= 11 is 1.81. The molecule has 2 heterocycles. The number of aromatic nitrogens is 2. The fourth-order valence-electron chi connectivity index (χ4n) is 4.69. The molecule has 4 rings (SSSR count). The minimum atomic E-state index is 0.187. The van der Waals surface area contributed by atoms with Crippen molar-refractivity contribution in [3.05, 3.63) is 46.8 Å². The van der Waals surface area contributed by atoms with Crippen molar-refractivity contribution in [2.45, 2.75) is 82.2 Å². The molecule has 2 aliphatic rings. The highest BCUT2D eigenvalue weighted by Crippen LogP contribution is 2.35. The summed E-state index contributed by atoms with van der Waals surface area (Å²) in [5, 5.41) is 1.14. The molecule has 29 heavy (non-hydrogen) atoms. The molecule has 2 aromatic rings. The van der Waals surface area contributed by atoms with Crippen molar-refractivity contribution in [3.8, 4) is 0 Å². The van der Waals surface area contributed by atoms with Crippen LogP contribution in [0.5, 0.6) is 0 Å². The number of thioether (sulfide) groups is 1. The van der Waals surface area contributed by atoms with E-state index in [2.05, 4.69) is 30.5 Å². The third-order valence-electron chi connectivity index (χ3n) is 6.48. The number of hydrogen-bond donors (Lipinski definition) is 0. The fraction of sp³-hybridized carbons (Fsp3) is 0.583. The van der Waals surface area contributed by atoms with Crippen LogP contribution in [-0.2, 0) is 5.75 Å². The lowest BCUT2D eigenvalue weighted by Gasteiger charge is -2.27. The second-order valence-electron chi connectivity index (χ2n) is 8.57. The summed E-state index contributed by atoms with van der Waals surface area (Å²) in [5.74, 6) is 1.04. The van der Waals surface area contributed by atoms with E-state index in [1.165, 1.54) is 49.8 Å². The highest BCUT2D eigenvalue weighted by Gasteiger charge is 2.22. The second kappa shape index (κ2) is 9.38. The van der Waals surface area contributed by atoms with Crippen LogP contribution in [0.3, 0.4) is 0 Å². The van der Waals surface area contributed by atoms with E-state index >= 15 is 0 Å². The third-order valence-corrected chi connectivity index (χ3v) is 7.50. The molecule has 0 unspecified atom stereocenters. The average molecular weight is 412 g/mol. The number of likely N-dealkylation sites (tertiary alicyclic amines) is 1. The normalized spacial score (nSPS) is 18.2. The van der Waals surface area contributed by atoms with Crippen molar-refractivity contribution in [2.75, 3.05) is 13.1 Å². The zero-order chi connectivity index (χ0) is 20.2. The first-order valence-corrected chi connectivity index (χ1v) is 12.2. The van der Waals surface area contributed by atoms with Crippen LogP contribution in [0.25, 0.3) is 0 Å². The number of hydrogen-bond acceptors (Lipinski definition) is 3. The highest BCUT2D eigenvalue weighted by atomic mass is 32.2. The first-order valence-electron chi connectivity index (χ1n) is 11.2. The summed E-state index contributed by atoms with van der Waals surface area (Å²) in [6.45, 7) is 6.12. The van der Waals surface area contributed by atoms with Crippen LogP contribution in [0.4, 0.5) is 0 Å². The molecule has 0 N–H and O–H groups in total. The van der Waals surface area contributed by atoms with E-state index in [1.807, 2.05) is 28.8 Å². The number of aryl methyl sites for hydroxylation is 1. The SMILES string of the molecule is Cc1nc(SCc2cccc(C(=O)N3CCCCC3)c2)n(C2CCCCC2)c1C. The van der Waals surface area contributed by atoms with Crippen molar-refractivity contribution in [1.82, 2.24) is 14.5 Å². The Labute approximate surface area is 179 Å². The van der Waals surface area contributed by atoms with Crippen molar-refractivity contribution in [1.29, 1.82) is 0 Å². The summed E-state index contributed by atoms with van der Waals surface area (Å²) in [6.07, 6.45) is 10.1. The smallest absolute Gasteiger partial charge is 0.253 e. The van der Waals surface area contributed by atoms with Gasteiger partial charge in [0.1, 0.15) is 0 Å². The number of imidazole rings is 1. The summed E-state index contributed by atoms with van der Waals surface area (Å²) in [4.78, 5) is 19.7. The minimum absolute atomic E-state index is 0.187. The fourth-order valence-corrected chi connectivity index (χ4v) is 5.79. The maximum absolute atomic E-state index is 12.8. The lowest BCUT2D eigenvalue weighted by molar-refractivity contribution is 0.0724. The Hall–Kier alpha value is -1.75. The predicted octanol–water partition coefficient (Wildman–Crippen LogP) is 5.92. The molecule has 1 saturated heterocycles. The number of carbonyl (C=O) groups excluding carboxylic acids is 1. The molecular weight excluding hydrogens is 378 g/mol. The number of benzene rings is 1. The van der Waals surface area contributed by atoms with Crippen LogP contribution in [0.2, 0.25) is 0 Å². The van der Waals surface area contributed by atoms with Gasteiger partial charge in [0.15, 0.2) is 5.16 Å². The van der Waals surface area contributed by atoms with Crippen LogP contribution in [-0.4, -0.2) is 33.4 Å². The molecule has 1 amide bonds. The molecule has 1 saturated carbocycles. The van der Waals surface area contributed by atoms with Gasteiger partial charge in [-0.25, -0.2) is 4.98 Å². The summed E-state index contributed by atoms with van der Waals surface area (Å²) in [6, 6.07) is 8.80. The zero-order valence-electron chi connectivity index (χ0n) is 17.8. The first kappa shape index (κ1) is 20.5. The van der Waals surface area contributed by atoms with Gasteiger partial charge in [0.2, 0.25) is 0 Å². The summed E-state index contributed by atoms with van der Waals surface area (Å²) < 4.78 is 2.49. The van der Waals surface area contributed by atoms with Gasteiger partial charge in [-0.1, -0.05) is 43.2 Å². The molecule has 4 nitrogen and oxygen atoms in total. The molecule has 1 aliphatic carbocycles. The van der Waals surface area contributed by atoms with Crippen LogP contribution < -0.4 is 0 Å². The Morgan fingerprint density at radius 2 is 1.79 bits per heavy atom. The van der Waals surface area contributed by atoms with E-state index < -0.39 is 0 Å². The molecule has 2 fully saturated rings. The lowest BCUT2D eigenvalue weighted by Crippen LogP contribution is -2.35. The molecule has 0 radical (unpaired) electrons. The topological polar surface area (TPSA) is 38.1 Å². The van der Waals surface area contributed by atoms with Gasteiger partial charge < -0.3 is 9.47 Å². The molecule has 0 bridgehead atoms. The van der Waals surface area contributed by atoms with E-state index in [9.17, 15) is 4.79 Å². The van der Waals surface area contributed by atoms with E-state index in [0.717, 1.165) is 48.1 Å². The van der Waals surface area contributed by atoms with E-state index in [-0.39, 0.29) is 5.91 Å². The van der Waals surface area contributed by atoms with Crippen LogP contribution in [0, 0.1) is 13.8 Å². The number of amides is 1. The Balaban J connectivity index is 1.47. The zero-order valence-corrected chi connectivity index (χ0v) is 18.6. The lowest BCUT2D eigenvalue weighted by atomic mass is 9.95. The number of nitrogens with zero attached hydrogens (tertiary/aromatic N) is 3. The Bertz CT molecular complexity index is 848. The molecule has 0 atom stereocenters. The van der Waals surface area contributed by atoms with Crippen molar-refractivity contribution >= 4 is 17.7 Å². The molecule has 1 aromatic heterocycles. The van der Waals surface area contributed by atoms with E-state index in [0.29, 0.717) is 6.04 Å². The Morgan fingerprint density at radius 3 is 2.55 bits per heavy atom. The molecule has 156 valence electrons. The van der Waals surface area contributed by atoms with Crippen molar-refractivity contribution in [3.63, 3.8) is 0 Å². The molecule has 0 spiro atoms. The quantitative estimate of drug-likeness (QED) is 0.573. The van der Waals surface area contributed by atoms with Crippen LogP contribution in [0.1, 0.15) is 84.7 Å². The van der Waals surface area contributed by atoms with Gasteiger partial charge in [-0.15, -0.1) is 0 Å². The van der Waals surface area contributed by atoms with Crippen molar-refractivity contribution in [2.24, 2.45) is 0 Å². The minimum Gasteiger partial charge on any atom is -0.339 e. The van der Waals surface area contributed by atoms with Crippen molar-refractivity contribution < 1.29 is 4.79 Å². The number of carbonyl (C=O) groups is 1. The number of piperidine rings is 1.